The van der Waals surface area contributed by atoms with Crippen molar-refractivity contribution in [3.05, 3.63) is 72.3 Å². The number of hydrogen-bond donors (Lipinski definition) is 2. The lowest BCUT2D eigenvalue weighted by molar-refractivity contribution is 0.0915. The van der Waals surface area contributed by atoms with Crippen molar-refractivity contribution in [1.82, 2.24) is 0 Å². The van der Waals surface area contributed by atoms with Crippen molar-refractivity contribution < 1.29 is 14.9 Å². The standard InChI is InChI=1S/C18H21O3/c1-18(2,14-6-4-3-5-7-14)15-8-10-17(11-9-15)21-13-16(20)12-19/h3-12,16,19-20H,13H2,1-2H3. The Bertz CT molecular complexity index is 546. The first kappa shape index (κ1) is 15.5. The van der Waals surface area contributed by atoms with Gasteiger partial charge in [0.05, 0.1) is 0 Å². The molecule has 0 saturated heterocycles. The van der Waals surface area contributed by atoms with E-state index in [9.17, 15) is 5.11 Å². The van der Waals surface area contributed by atoms with E-state index in [0.717, 1.165) is 0 Å². The van der Waals surface area contributed by atoms with Crippen molar-refractivity contribution in [2.24, 2.45) is 0 Å². The zero-order chi connectivity index (χ0) is 15.3. The summed E-state index contributed by atoms with van der Waals surface area (Å²) in [5.41, 5.74) is 2.36. The lowest BCUT2D eigenvalue weighted by Crippen LogP contribution is -2.19. The highest BCUT2D eigenvalue weighted by atomic mass is 16.5. The molecule has 0 heterocycles. The zero-order valence-corrected chi connectivity index (χ0v) is 12.4. The van der Waals surface area contributed by atoms with E-state index in [4.69, 9.17) is 9.84 Å². The first-order chi connectivity index (χ1) is 10.0. The van der Waals surface area contributed by atoms with E-state index >= 15 is 0 Å². The van der Waals surface area contributed by atoms with Gasteiger partial charge < -0.3 is 14.9 Å². The molecule has 2 rings (SSSR count). The topological polar surface area (TPSA) is 49.7 Å². The van der Waals surface area contributed by atoms with E-state index in [-0.39, 0.29) is 12.0 Å². The van der Waals surface area contributed by atoms with Crippen LogP contribution in [0.4, 0.5) is 0 Å². The molecule has 0 aliphatic rings. The number of hydrogen-bond acceptors (Lipinski definition) is 3. The van der Waals surface area contributed by atoms with Crippen molar-refractivity contribution in [3.63, 3.8) is 0 Å². The van der Waals surface area contributed by atoms with Crippen LogP contribution in [0.15, 0.2) is 54.6 Å². The van der Waals surface area contributed by atoms with E-state index in [0.29, 0.717) is 12.4 Å². The maximum atomic E-state index is 9.22. The van der Waals surface area contributed by atoms with Crippen LogP contribution in [0, 0.1) is 6.61 Å². The van der Waals surface area contributed by atoms with Gasteiger partial charge >= 0.3 is 0 Å². The minimum atomic E-state index is -0.967. The van der Waals surface area contributed by atoms with E-state index < -0.39 is 6.10 Å². The van der Waals surface area contributed by atoms with Gasteiger partial charge in [-0.1, -0.05) is 56.3 Å². The first-order valence-corrected chi connectivity index (χ1v) is 6.98. The summed E-state index contributed by atoms with van der Waals surface area (Å²) in [6, 6.07) is 18.2. The molecule has 0 saturated carbocycles. The summed E-state index contributed by atoms with van der Waals surface area (Å²) in [7, 11) is 0. The average Bonchev–Trinajstić information content (AvgIpc) is 2.53. The Morgan fingerprint density at radius 3 is 2.14 bits per heavy atom. The molecular weight excluding hydrogens is 264 g/mol. The maximum absolute atomic E-state index is 9.22. The van der Waals surface area contributed by atoms with Gasteiger partial charge in [0.15, 0.2) is 0 Å². The van der Waals surface area contributed by atoms with Crippen LogP contribution < -0.4 is 4.74 Å². The SMILES string of the molecule is CC(C)(c1ccccc1)c1ccc(OCC(O)[CH]O)cc1. The molecule has 0 aliphatic heterocycles. The molecule has 0 aromatic heterocycles. The molecule has 0 bridgehead atoms. The van der Waals surface area contributed by atoms with Crippen LogP contribution in [-0.4, -0.2) is 22.9 Å². The third-order valence-electron chi connectivity index (χ3n) is 3.66. The van der Waals surface area contributed by atoms with Crippen LogP contribution in [0.5, 0.6) is 5.75 Å². The molecule has 2 N–H and O–H groups in total. The van der Waals surface area contributed by atoms with Crippen LogP contribution >= 0.6 is 0 Å². The molecule has 3 heteroatoms. The predicted octanol–water partition coefficient (Wildman–Crippen LogP) is 3.29. The molecule has 2 aromatic rings. The van der Waals surface area contributed by atoms with Gasteiger partial charge in [0, 0.05) is 5.41 Å². The second-order valence-corrected chi connectivity index (χ2v) is 5.54. The highest BCUT2D eigenvalue weighted by Crippen LogP contribution is 2.32. The number of aliphatic hydroxyl groups is 2. The molecule has 0 aliphatic carbocycles. The van der Waals surface area contributed by atoms with Crippen LogP contribution in [0.3, 0.4) is 0 Å². The summed E-state index contributed by atoms with van der Waals surface area (Å²) in [5.74, 6) is 0.670. The molecule has 1 radical (unpaired) electrons. The van der Waals surface area contributed by atoms with E-state index in [1.54, 1.807) is 0 Å². The monoisotopic (exact) mass is 285 g/mol. The Balaban J connectivity index is 2.11. The molecule has 2 aromatic carbocycles. The molecule has 1 unspecified atom stereocenters. The largest absolute Gasteiger partial charge is 0.491 e. The molecule has 111 valence electrons. The number of aliphatic hydroxyl groups excluding tert-OH is 2. The third kappa shape index (κ3) is 3.84. The molecular formula is C18H21O3. The van der Waals surface area contributed by atoms with Crippen molar-refractivity contribution in [2.45, 2.75) is 25.4 Å². The fraction of sp³-hybridized carbons (Fsp3) is 0.278. The van der Waals surface area contributed by atoms with Gasteiger partial charge in [-0.15, -0.1) is 0 Å². The first-order valence-electron chi connectivity index (χ1n) is 6.98. The highest BCUT2D eigenvalue weighted by molar-refractivity contribution is 5.39. The fourth-order valence-corrected chi connectivity index (χ4v) is 2.21. The van der Waals surface area contributed by atoms with Crippen molar-refractivity contribution >= 4 is 0 Å². The summed E-state index contributed by atoms with van der Waals surface area (Å²) >= 11 is 0. The van der Waals surface area contributed by atoms with E-state index in [1.807, 2.05) is 42.5 Å². The number of ether oxygens (including phenoxy) is 1. The van der Waals surface area contributed by atoms with Gasteiger partial charge in [0.2, 0.25) is 0 Å². The Kier molecular flexibility index (Phi) is 4.99. The molecule has 3 nitrogen and oxygen atoms in total. The Morgan fingerprint density at radius 1 is 1.00 bits per heavy atom. The van der Waals surface area contributed by atoms with E-state index in [2.05, 4.69) is 26.0 Å². The second-order valence-electron chi connectivity index (χ2n) is 5.54. The van der Waals surface area contributed by atoms with Crippen LogP contribution in [0.25, 0.3) is 0 Å². The van der Waals surface area contributed by atoms with Gasteiger partial charge in [-0.3, -0.25) is 0 Å². The summed E-state index contributed by atoms with van der Waals surface area (Å²) in [6.45, 7) is 5.12. The molecule has 1 atom stereocenters. The normalized spacial score (nSPS) is 13.0. The van der Waals surface area contributed by atoms with Crippen molar-refractivity contribution in [1.29, 1.82) is 0 Å². The Morgan fingerprint density at radius 2 is 1.57 bits per heavy atom. The van der Waals surface area contributed by atoms with Gasteiger partial charge in [0.1, 0.15) is 25.1 Å². The quantitative estimate of drug-likeness (QED) is 0.856. The lowest BCUT2D eigenvalue weighted by atomic mass is 9.78. The average molecular weight is 285 g/mol. The van der Waals surface area contributed by atoms with Crippen LogP contribution in [0.1, 0.15) is 25.0 Å². The summed E-state index contributed by atoms with van der Waals surface area (Å²) in [4.78, 5) is 0. The Hall–Kier alpha value is -1.84. The molecule has 0 spiro atoms. The Labute approximate surface area is 125 Å². The second kappa shape index (κ2) is 6.74. The number of rotatable bonds is 6. The fourth-order valence-electron chi connectivity index (χ4n) is 2.21. The van der Waals surface area contributed by atoms with Gasteiger partial charge in [-0.2, -0.15) is 0 Å². The van der Waals surface area contributed by atoms with Gasteiger partial charge in [-0.05, 0) is 23.3 Å². The minimum absolute atomic E-state index is 0.0396. The molecule has 21 heavy (non-hydrogen) atoms. The summed E-state index contributed by atoms with van der Waals surface area (Å²) < 4.78 is 5.39. The zero-order valence-electron chi connectivity index (χ0n) is 12.4. The smallest absolute Gasteiger partial charge is 0.119 e. The number of benzene rings is 2. The van der Waals surface area contributed by atoms with Gasteiger partial charge in [0.25, 0.3) is 0 Å². The van der Waals surface area contributed by atoms with Crippen molar-refractivity contribution in [3.8, 4) is 5.75 Å². The van der Waals surface area contributed by atoms with Crippen molar-refractivity contribution in [2.75, 3.05) is 6.61 Å². The summed E-state index contributed by atoms with van der Waals surface area (Å²) in [6.07, 6.45) is -0.967. The van der Waals surface area contributed by atoms with Gasteiger partial charge in [-0.25, -0.2) is 0 Å². The highest BCUT2D eigenvalue weighted by Gasteiger charge is 2.22. The molecule has 0 fully saturated rings. The maximum Gasteiger partial charge on any atom is 0.119 e. The summed E-state index contributed by atoms with van der Waals surface area (Å²) in [5, 5.41) is 17.9. The lowest BCUT2D eigenvalue weighted by Gasteiger charge is -2.26. The van der Waals surface area contributed by atoms with Crippen LogP contribution in [0.2, 0.25) is 0 Å². The minimum Gasteiger partial charge on any atom is -0.491 e. The van der Waals surface area contributed by atoms with Crippen LogP contribution in [-0.2, 0) is 5.41 Å². The molecule has 0 amide bonds. The van der Waals surface area contributed by atoms with E-state index in [1.165, 1.54) is 11.1 Å². The third-order valence-corrected chi connectivity index (χ3v) is 3.66. The predicted molar refractivity (Wildman–Crippen MR) is 82.7 cm³/mol.